The van der Waals surface area contributed by atoms with Crippen molar-refractivity contribution >= 4 is 0 Å². The first-order valence-corrected chi connectivity index (χ1v) is 2.15. The smallest absolute Gasteiger partial charge is 0.0787 e. The summed E-state index contributed by atoms with van der Waals surface area (Å²) in [7, 11) is 0. The fourth-order valence-corrected chi connectivity index (χ4v) is 0.293. The number of rotatable bonds is 1. The normalized spacial score (nSPS) is 26.2. The van der Waals surface area contributed by atoms with E-state index in [1.165, 1.54) is 0 Å². The van der Waals surface area contributed by atoms with Crippen LogP contribution in [-0.4, -0.2) is 5.54 Å². The first kappa shape index (κ1) is 3.78. The topological polar surface area (TPSA) is 36.2 Å². The Morgan fingerprint density at radius 1 is 1.67 bits per heavy atom. The third-order valence-corrected chi connectivity index (χ3v) is 1.24. The Hall–Kier alpha value is -0.400. The Bertz CT molecular complexity index is 73.6. The minimum atomic E-state index is 0.0833. The SMILES string of the molecule is CC1(N=N)CC1. The second-order valence-electron chi connectivity index (χ2n) is 2.11. The Labute approximate surface area is 37.1 Å². The summed E-state index contributed by atoms with van der Waals surface area (Å²) in [4.78, 5) is 0. The summed E-state index contributed by atoms with van der Waals surface area (Å²) in [5.74, 6) is 0. The molecule has 0 aromatic heterocycles. The molecule has 0 heterocycles. The summed E-state index contributed by atoms with van der Waals surface area (Å²) >= 11 is 0. The van der Waals surface area contributed by atoms with Gasteiger partial charge in [0.1, 0.15) is 0 Å². The first-order valence-electron chi connectivity index (χ1n) is 2.15. The first-order chi connectivity index (χ1) is 2.77. The quantitative estimate of drug-likeness (QED) is 0.468. The Morgan fingerprint density at radius 3 is 2.17 bits per heavy atom. The number of nitrogens with zero attached hydrogens (tertiary/aromatic N) is 1. The zero-order chi connectivity index (χ0) is 4.62. The van der Waals surface area contributed by atoms with Crippen molar-refractivity contribution in [2.45, 2.75) is 25.3 Å². The van der Waals surface area contributed by atoms with Crippen LogP contribution in [0.4, 0.5) is 0 Å². The van der Waals surface area contributed by atoms with Crippen LogP contribution in [0.5, 0.6) is 0 Å². The van der Waals surface area contributed by atoms with Crippen molar-refractivity contribution in [2.24, 2.45) is 5.11 Å². The van der Waals surface area contributed by atoms with Crippen molar-refractivity contribution in [3.8, 4) is 0 Å². The molecule has 1 saturated carbocycles. The maximum absolute atomic E-state index is 6.54. The van der Waals surface area contributed by atoms with Crippen molar-refractivity contribution in [3.05, 3.63) is 0 Å². The molecule has 1 N–H and O–H groups in total. The molecule has 0 radical (unpaired) electrons. The van der Waals surface area contributed by atoms with Gasteiger partial charge in [-0.2, -0.15) is 5.11 Å². The molecule has 0 saturated heterocycles. The molecule has 2 nitrogen and oxygen atoms in total. The van der Waals surface area contributed by atoms with Gasteiger partial charge in [0.2, 0.25) is 0 Å². The zero-order valence-electron chi connectivity index (χ0n) is 3.86. The minimum absolute atomic E-state index is 0.0833. The molecule has 0 amide bonds. The predicted octanol–water partition coefficient (Wildman–Crippen LogP) is 1.57. The van der Waals surface area contributed by atoms with E-state index < -0.39 is 0 Å². The summed E-state index contributed by atoms with van der Waals surface area (Å²) in [6, 6.07) is 0. The largest absolute Gasteiger partial charge is 0.209 e. The Morgan fingerprint density at radius 2 is 2.17 bits per heavy atom. The standard InChI is InChI=1S/C4H8N2/c1-4(6-5)2-3-4/h5H,2-3H2,1H3. The predicted molar refractivity (Wildman–Crippen MR) is 22.8 cm³/mol. The highest BCUT2D eigenvalue weighted by molar-refractivity contribution is 4.95. The molecular weight excluding hydrogens is 76.1 g/mol. The van der Waals surface area contributed by atoms with Gasteiger partial charge in [0.15, 0.2) is 0 Å². The molecule has 0 aromatic rings. The van der Waals surface area contributed by atoms with Gasteiger partial charge in [-0.05, 0) is 19.8 Å². The molecule has 0 atom stereocenters. The highest BCUT2D eigenvalue weighted by atomic mass is 15.1. The molecule has 1 aliphatic carbocycles. The van der Waals surface area contributed by atoms with Gasteiger partial charge >= 0.3 is 0 Å². The van der Waals surface area contributed by atoms with E-state index in [1.807, 2.05) is 6.92 Å². The maximum atomic E-state index is 6.54. The van der Waals surface area contributed by atoms with Crippen LogP contribution in [0.25, 0.3) is 0 Å². The van der Waals surface area contributed by atoms with E-state index in [0.717, 1.165) is 12.8 Å². The van der Waals surface area contributed by atoms with Gasteiger partial charge in [-0.3, -0.25) is 0 Å². The molecule has 0 spiro atoms. The van der Waals surface area contributed by atoms with Crippen LogP contribution in [0.2, 0.25) is 0 Å². The molecule has 1 rings (SSSR count). The molecule has 34 valence electrons. The highest BCUT2D eigenvalue weighted by Gasteiger charge is 2.36. The van der Waals surface area contributed by atoms with Crippen molar-refractivity contribution in [1.29, 1.82) is 5.53 Å². The molecule has 0 aliphatic heterocycles. The summed E-state index contributed by atoms with van der Waals surface area (Å²) in [6.45, 7) is 2.00. The van der Waals surface area contributed by atoms with Crippen LogP contribution in [0.1, 0.15) is 19.8 Å². The lowest BCUT2D eigenvalue weighted by molar-refractivity contribution is 0.687. The Balaban J connectivity index is 2.47. The van der Waals surface area contributed by atoms with E-state index in [0.29, 0.717) is 0 Å². The number of hydrogen-bond acceptors (Lipinski definition) is 2. The van der Waals surface area contributed by atoms with Crippen molar-refractivity contribution < 1.29 is 0 Å². The molecule has 0 aromatic carbocycles. The lowest BCUT2D eigenvalue weighted by Crippen LogP contribution is -1.90. The van der Waals surface area contributed by atoms with Crippen molar-refractivity contribution in [3.63, 3.8) is 0 Å². The number of hydrogen-bond donors (Lipinski definition) is 1. The maximum Gasteiger partial charge on any atom is 0.0787 e. The van der Waals surface area contributed by atoms with E-state index in [2.05, 4.69) is 5.11 Å². The van der Waals surface area contributed by atoms with Gasteiger partial charge in [-0.15, -0.1) is 0 Å². The van der Waals surface area contributed by atoms with Gasteiger partial charge in [0, 0.05) is 0 Å². The van der Waals surface area contributed by atoms with E-state index in [1.54, 1.807) is 0 Å². The van der Waals surface area contributed by atoms with Crippen LogP contribution in [0, 0.1) is 5.53 Å². The lowest BCUT2D eigenvalue weighted by Gasteiger charge is -1.88. The molecule has 0 bridgehead atoms. The van der Waals surface area contributed by atoms with E-state index in [4.69, 9.17) is 5.53 Å². The third-order valence-electron chi connectivity index (χ3n) is 1.24. The third kappa shape index (κ3) is 0.421. The average molecular weight is 84.1 g/mol. The van der Waals surface area contributed by atoms with Crippen LogP contribution in [0.3, 0.4) is 0 Å². The molecule has 0 unspecified atom stereocenters. The van der Waals surface area contributed by atoms with Crippen LogP contribution < -0.4 is 0 Å². The van der Waals surface area contributed by atoms with Gasteiger partial charge in [0.25, 0.3) is 0 Å². The second kappa shape index (κ2) is 0.806. The molecular formula is C4H8N2. The van der Waals surface area contributed by atoms with Crippen molar-refractivity contribution in [2.75, 3.05) is 0 Å². The van der Waals surface area contributed by atoms with Crippen LogP contribution >= 0.6 is 0 Å². The Kier molecular flexibility index (Phi) is 0.508. The van der Waals surface area contributed by atoms with Crippen LogP contribution in [-0.2, 0) is 0 Å². The van der Waals surface area contributed by atoms with Gasteiger partial charge in [0.05, 0.1) is 5.54 Å². The molecule has 1 aliphatic rings. The fourth-order valence-electron chi connectivity index (χ4n) is 0.293. The second-order valence-corrected chi connectivity index (χ2v) is 2.11. The molecule has 6 heavy (non-hydrogen) atoms. The fraction of sp³-hybridized carbons (Fsp3) is 1.00. The molecule has 1 fully saturated rings. The monoisotopic (exact) mass is 84.1 g/mol. The number of nitrogens with one attached hydrogen (secondary N) is 1. The van der Waals surface area contributed by atoms with E-state index in [9.17, 15) is 0 Å². The van der Waals surface area contributed by atoms with Crippen molar-refractivity contribution in [1.82, 2.24) is 0 Å². The summed E-state index contributed by atoms with van der Waals surface area (Å²) < 4.78 is 0. The molecule has 2 heteroatoms. The van der Waals surface area contributed by atoms with Gasteiger partial charge in [-0.1, -0.05) is 0 Å². The van der Waals surface area contributed by atoms with Crippen LogP contribution in [0.15, 0.2) is 5.11 Å². The highest BCUT2D eigenvalue weighted by Crippen LogP contribution is 2.38. The zero-order valence-corrected chi connectivity index (χ0v) is 3.86. The van der Waals surface area contributed by atoms with Gasteiger partial charge < -0.3 is 0 Å². The summed E-state index contributed by atoms with van der Waals surface area (Å²) in [5.41, 5.74) is 6.62. The minimum Gasteiger partial charge on any atom is -0.209 e. The van der Waals surface area contributed by atoms with Gasteiger partial charge in [-0.25, -0.2) is 5.53 Å². The lowest BCUT2D eigenvalue weighted by atomic mass is 10.4. The van der Waals surface area contributed by atoms with E-state index >= 15 is 0 Å². The van der Waals surface area contributed by atoms with E-state index in [-0.39, 0.29) is 5.54 Å². The summed E-state index contributed by atoms with van der Waals surface area (Å²) in [5, 5.41) is 3.38. The summed E-state index contributed by atoms with van der Waals surface area (Å²) in [6.07, 6.45) is 2.24. The average Bonchev–Trinajstić information content (AvgIpc) is 2.22.